The first kappa shape index (κ1) is 10.8. The molecule has 0 saturated heterocycles. The van der Waals surface area contributed by atoms with Crippen LogP contribution < -0.4 is 5.32 Å². The normalized spacial score (nSPS) is 9.75. The first-order chi connectivity index (χ1) is 3.56. The summed E-state index contributed by atoms with van der Waals surface area (Å²) in [6.07, 6.45) is -2.71. The smallest absolute Gasteiger partial charge is 0.330 e. The third kappa shape index (κ3) is 17.0. The quantitative estimate of drug-likeness (QED) is 0.331. The predicted molar refractivity (Wildman–Crippen MR) is 29.8 cm³/mol. The van der Waals surface area contributed by atoms with Crippen LogP contribution in [0.4, 0.5) is 0 Å². The highest BCUT2D eigenvalue weighted by Crippen LogP contribution is 1.77. The summed E-state index contributed by atoms with van der Waals surface area (Å²) in [5.74, 6) is 0. The standard InChI is InChI=1S/C2H7NO3.C2H6/c1-3-2(4,5)6;1-2/h3-6H,1H3;1-2H3. The van der Waals surface area contributed by atoms with Gasteiger partial charge in [-0.05, 0) is 7.05 Å². The van der Waals surface area contributed by atoms with E-state index in [1.165, 1.54) is 7.05 Å². The Labute approximate surface area is 48.8 Å². The van der Waals surface area contributed by atoms with Crippen LogP contribution in [0.5, 0.6) is 0 Å². The zero-order valence-corrected chi connectivity index (χ0v) is 5.34. The lowest BCUT2D eigenvalue weighted by atomic mass is 10.9. The van der Waals surface area contributed by atoms with Crippen LogP contribution in [0.25, 0.3) is 0 Å². The first-order valence-electron chi connectivity index (χ1n) is 2.42. The molecule has 0 amide bonds. The highest BCUT2D eigenvalue weighted by atomic mass is 16.7. The summed E-state index contributed by atoms with van der Waals surface area (Å²) >= 11 is 0. The molecule has 0 unspecified atom stereocenters. The molecule has 8 heavy (non-hydrogen) atoms. The van der Waals surface area contributed by atoms with E-state index < -0.39 is 6.10 Å². The largest absolute Gasteiger partial charge is 0.342 e. The maximum absolute atomic E-state index is 7.83. The number of hydrogen-bond acceptors (Lipinski definition) is 4. The third-order valence-electron chi connectivity index (χ3n) is 0.335. The molecule has 0 atom stereocenters. The van der Waals surface area contributed by atoms with Crippen molar-refractivity contribution in [2.45, 2.75) is 19.9 Å². The Morgan fingerprint density at radius 1 is 1.12 bits per heavy atom. The molecule has 4 heteroatoms. The first-order valence-corrected chi connectivity index (χ1v) is 2.42. The van der Waals surface area contributed by atoms with Crippen LogP contribution in [-0.4, -0.2) is 28.5 Å². The highest BCUT2D eigenvalue weighted by molar-refractivity contribution is 4.29. The monoisotopic (exact) mass is 123 g/mol. The van der Waals surface area contributed by atoms with Crippen molar-refractivity contribution in [2.75, 3.05) is 7.05 Å². The number of nitrogens with one attached hydrogen (secondary N) is 1. The van der Waals surface area contributed by atoms with E-state index in [-0.39, 0.29) is 0 Å². The lowest BCUT2D eigenvalue weighted by Gasteiger charge is -2.09. The Morgan fingerprint density at radius 2 is 1.25 bits per heavy atom. The van der Waals surface area contributed by atoms with Crippen molar-refractivity contribution in [3.05, 3.63) is 0 Å². The van der Waals surface area contributed by atoms with Gasteiger partial charge in [-0.25, -0.2) is 5.32 Å². The fourth-order valence-electron chi connectivity index (χ4n) is 0. The molecule has 4 nitrogen and oxygen atoms in total. The number of aliphatic hydroxyl groups is 3. The van der Waals surface area contributed by atoms with Gasteiger partial charge in [-0.15, -0.1) is 0 Å². The summed E-state index contributed by atoms with van der Waals surface area (Å²) in [6, 6.07) is 0. The van der Waals surface area contributed by atoms with Crippen LogP contribution in [-0.2, 0) is 0 Å². The van der Waals surface area contributed by atoms with Gasteiger partial charge < -0.3 is 15.3 Å². The minimum atomic E-state index is -2.71. The molecule has 0 fully saturated rings. The summed E-state index contributed by atoms with van der Waals surface area (Å²) < 4.78 is 0. The Bertz CT molecular complexity index is 41.0. The topological polar surface area (TPSA) is 72.7 Å². The second-order valence-electron chi connectivity index (χ2n) is 0.885. The minimum absolute atomic E-state index is 1.21. The third-order valence-corrected chi connectivity index (χ3v) is 0.335. The second-order valence-corrected chi connectivity index (χ2v) is 0.885. The second kappa shape index (κ2) is 4.99. The van der Waals surface area contributed by atoms with Gasteiger partial charge in [0.1, 0.15) is 0 Å². The van der Waals surface area contributed by atoms with Crippen molar-refractivity contribution in [3.8, 4) is 0 Å². The fourth-order valence-corrected chi connectivity index (χ4v) is 0. The maximum Gasteiger partial charge on any atom is 0.342 e. The summed E-state index contributed by atoms with van der Waals surface area (Å²) in [5, 5.41) is 25.3. The van der Waals surface area contributed by atoms with Crippen LogP contribution in [0.1, 0.15) is 13.8 Å². The van der Waals surface area contributed by atoms with Gasteiger partial charge in [0, 0.05) is 0 Å². The van der Waals surface area contributed by atoms with E-state index in [4.69, 9.17) is 15.3 Å². The van der Waals surface area contributed by atoms with Gasteiger partial charge in [-0.3, -0.25) is 0 Å². The minimum Gasteiger partial charge on any atom is -0.330 e. The van der Waals surface area contributed by atoms with E-state index in [9.17, 15) is 0 Å². The maximum atomic E-state index is 7.83. The summed E-state index contributed by atoms with van der Waals surface area (Å²) in [7, 11) is 1.21. The molecule has 0 aromatic heterocycles. The van der Waals surface area contributed by atoms with E-state index in [1.54, 1.807) is 5.32 Å². The molecule has 0 rings (SSSR count). The Kier molecular flexibility index (Phi) is 6.70. The molecule has 0 aliphatic carbocycles. The zero-order valence-electron chi connectivity index (χ0n) is 5.34. The van der Waals surface area contributed by atoms with E-state index in [0.29, 0.717) is 0 Å². The van der Waals surface area contributed by atoms with Crippen molar-refractivity contribution < 1.29 is 15.3 Å². The van der Waals surface area contributed by atoms with Crippen molar-refractivity contribution in [3.63, 3.8) is 0 Å². The van der Waals surface area contributed by atoms with Crippen molar-refractivity contribution >= 4 is 0 Å². The zero-order chi connectivity index (χ0) is 7.21. The van der Waals surface area contributed by atoms with E-state index in [0.717, 1.165) is 0 Å². The average Bonchev–Trinajstić information content (AvgIpc) is 1.71. The molecule has 0 heterocycles. The predicted octanol–water partition coefficient (Wildman–Crippen LogP) is -1.18. The molecule has 52 valence electrons. The summed E-state index contributed by atoms with van der Waals surface area (Å²) in [6.45, 7) is 4.00. The van der Waals surface area contributed by atoms with Gasteiger partial charge in [0.15, 0.2) is 0 Å². The lowest BCUT2D eigenvalue weighted by Crippen LogP contribution is -2.41. The molecule has 0 aromatic rings. The Hall–Kier alpha value is -0.160. The van der Waals surface area contributed by atoms with Crippen LogP contribution in [0, 0.1) is 0 Å². The molecular weight excluding hydrogens is 110 g/mol. The van der Waals surface area contributed by atoms with Crippen molar-refractivity contribution in [2.24, 2.45) is 0 Å². The average molecular weight is 123 g/mol. The fraction of sp³-hybridized carbons (Fsp3) is 1.00. The van der Waals surface area contributed by atoms with E-state index >= 15 is 0 Å². The molecule has 0 spiro atoms. The van der Waals surface area contributed by atoms with Crippen molar-refractivity contribution in [1.29, 1.82) is 0 Å². The molecular formula is C4H13NO3. The molecule has 0 radical (unpaired) electrons. The van der Waals surface area contributed by atoms with Crippen LogP contribution in [0.3, 0.4) is 0 Å². The van der Waals surface area contributed by atoms with Crippen LogP contribution >= 0.6 is 0 Å². The molecule has 0 aromatic carbocycles. The summed E-state index contributed by atoms with van der Waals surface area (Å²) in [4.78, 5) is 0. The molecule has 4 N–H and O–H groups in total. The SMILES string of the molecule is CC.CNC(O)(O)O. The van der Waals surface area contributed by atoms with Gasteiger partial charge in [0.05, 0.1) is 0 Å². The Balaban J connectivity index is 0. The number of rotatable bonds is 1. The van der Waals surface area contributed by atoms with E-state index in [2.05, 4.69) is 0 Å². The lowest BCUT2D eigenvalue weighted by molar-refractivity contribution is -0.328. The summed E-state index contributed by atoms with van der Waals surface area (Å²) in [5.41, 5.74) is 0. The van der Waals surface area contributed by atoms with Crippen molar-refractivity contribution in [1.82, 2.24) is 5.32 Å². The highest BCUT2D eigenvalue weighted by Gasteiger charge is 2.11. The molecule has 0 aliphatic rings. The van der Waals surface area contributed by atoms with Gasteiger partial charge in [-0.1, -0.05) is 13.8 Å². The van der Waals surface area contributed by atoms with E-state index in [1.807, 2.05) is 13.8 Å². The van der Waals surface area contributed by atoms with Crippen LogP contribution in [0.15, 0.2) is 0 Å². The van der Waals surface area contributed by atoms with Gasteiger partial charge in [-0.2, -0.15) is 0 Å². The van der Waals surface area contributed by atoms with Gasteiger partial charge in [0.2, 0.25) is 0 Å². The van der Waals surface area contributed by atoms with Crippen LogP contribution in [0.2, 0.25) is 0 Å². The molecule has 0 aliphatic heterocycles. The van der Waals surface area contributed by atoms with Gasteiger partial charge >= 0.3 is 6.10 Å². The number of hydrogen-bond donors (Lipinski definition) is 4. The molecule has 0 saturated carbocycles. The van der Waals surface area contributed by atoms with Gasteiger partial charge in [0.25, 0.3) is 0 Å². The molecule has 0 bridgehead atoms. The Morgan fingerprint density at radius 3 is 1.25 bits per heavy atom.